The third-order valence-electron chi connectivity index (χ3n) is 3.70. The average Bonchev–Trinajstić information content (AvgIpc) is 2.59. The van der Waals surface area contributed by atoms with E-state index in [2.05, 4.69) is 5.32 Å². The van der Waals surface area contributed by atoms with Gasteiger partial charge in [-0.05, 0) is 29.7 Å². The summed E-state index contributed by atoms with van der Waals surface area (Å²) in [7, 11) is 1.55. The van der Waals surface area contributed by atoms with Crippen LogP contribution in [0.3, 0.4) is 0 Å². The molecule has 0 aromatic heterocycles. The minimum atomic E-state index is -0.0255. The molecule has 3 aromatic rings. The van der Waals surface area contributed by atoms with Gasteiger partial charge in [0.2, 0.25) is 0 Å². The van der Waals surface area contributed by atoms with Gasteiger partial charge in [0.25, 0.3) is 0 Å². The maximum atomic E-state index is 12.3. The summed E-state index contributed by atoms with van der Waals surface area (Å²) in [5.41, 5.74) is 1.50. The predicted molar refractivity (Wildman–Crippen MR) is 94.8 cm³/mol. The highest BCUT2D eigenvalue weighted by Crippen LogP contribution is 2.26. The second-order valence-electron chi connectivity index (χ2n) is 5.15. The summed E-state index contributed by atoms with van der Waals surface area (Å²) in [4.78, 5) is 12.3. The van der Waals surface area contributed by atoms with E-state index in [1.807, 2.05) is 42.5 Å². The van der Waals surface area contributed by atoms with Gasteiger partial charge in [0.15, 0.2) is 5.78 Å². The van der Waals surface area contributed by atoms with Crippen molar-refractivity contribution in [2.24, 2.45) is 0 Å². The maximum Gasteiger partial charge on any atom is 0.181 e. The summed E-state index contributed by atoms with van der Waals surface area (Å²) < 4.78 is 5.10. The molecule has 0 bridgehead atoms. The van der Waals surface area contributed by atoms with Crippen LogP contribution in [0, 0.1) is 0 Å². The van der Waals surface area contributed by atoms with Gasteiger partial charge < -0.3 is 10.1 Å². The van der Waals surface area contributed by atoms with Crippen LogP contribution in [0.5, 0.6) is 5.75 Å². The molecule has 3 rings (SSSR count). The first-order valence-electron chi connectivity index (χ1n) is 7.27. The molecule has 0 atom stereocenters. The van der Waals surface area contributed by atoms with E-state index in [1.165, 1.54) is 0 Å². The van der Waals surface area contributed by atoms with Crippen molar-refractivity contribution in [1.29, 1.82) is 0 Å². The fourth-order valence-electron chi connectivity index (χ4n) is 2.50. The molecular weight excluding hydrogens is 310 g/mol. The molecule has 0 heterocycles. The molecule has 0 aliphatic heterocycles. The van der Waals surface area contributed by atoms with Gasteiger partial charge in [0, 0.05) is 16.6 Å². The lowest BCUT2D eigenvalue weighted by atomic mass is 10.1. The number of ketones is 1. The number of nitrogens with one attached hydrogen (secondary N) is 1. The monoisotopic (exact) mass is 325 g/mol. The Morgan fingerprint density at radius 2 is 1.87 bits per heavy atom. The minimum Gasteiger partial charge on any atom is -0.495 e. The number of benzene rings is 3. The number of ether oxygens (including phenoxy) is 1. The molecule has 1 N–H and O–H groups in total. The van der Waals surface area contributed by atoms with Crippen LogP contribution in [-0.4, -0.2) is 19.4 Å². The van der Waals surface area contributed by atoms with E-state index in [0.717, 1.165) is 16.5 Å². The molecule has 3 aromatic carbocycles. The number of carbonyl (C=O) groups is 1. The number of Topliss-reactive ketones (excluding diaryl/α,β-unsaturated/α-hetero) is 1. The van der Waals surface area contributed by atoms with E-state index in [4.69, 9.17) is 16.3 Å². The number of fused-ring (bicyclic) bond motifs is 1. The molecule has 0 aliphatic carbocycles. The zero-order valence-electron chi connectivity index (χ0n) is 12.7. The normalized spacial score (nSPS) is 10.5. The molecule has 116 valence electrons. The molecule has 0 saturated heterocycles. The van der Waals surface area contributed by atoms with E-state index < -0.39 is 0 Å². The number of hydrogen-bond donors (Lipinski definition) is 1. The van der Waals surface area contributed by atoms with Crippen molar-refractivity contribution in [2.45, 2.75) is 0 Å². The lowest BCUT2D eigenvalue weighted by molar-refractivity contribution is 0.101. The molecule has 0 fully saturated rings. The van der Waals surface area contributed by atoms with E-state index in [9.17, 15) is 4.79 Å². The highest BCUT2D eigenvalue weighted by Gasteiger charge is 2.10. The third kappa shape index (κ3) is 3.30. The van der Waals surface area contributed by atoms with Crippen LogP contribution in [0.4, 0.5) is 5.69 Å². The third-order valence-corrected chi connectivity index (χ3v) is 4.00. The molecule has 0 aliphatic rings. The van der Waals surface area contributed by atoms with Crippen LogP contribution in [0.1, 0.15) is 10.4 Å². The average molecular weight is 326 g/mol. The fraction of sp³-hybridized carbons (Fsp3) is 0.105. The molecule has 0 saturated carbocycles. The van der Waals surface area contributed by atoms with Gasteiger partial charge in [0.1, 0.15) is 5.75 Å². The van der Waals surface area contributed by atoms with Crippen molar-refractivity contribution in [1.82, 2.24) is 0 Å². The number of methoxy groups -OCH3 is 1. The molecule has 3 nitrogen and oxygen atoms in total. The number of halogens is 1. The zero-order valence-corrected chi connectivity index (χ0v) is 13.4. The number of anilines is 1. The van der Waals surface area contributed by atoms with E-state index >= 15 is 0 Å². The topological polar surface area (TPSA) is 38.3 Å². The van der Waals surface area contributed by atoms with Crippen molar-refractivity contribution >= 4 is 33.8 Å². The number of hydrogen-bond acceptors (Lipinski definition) is 3. The zero-order chi connectivity index (χ0) is 16.2. The minimum absolute atomic E-state index is 0.0255. The highest BCUT2D eigenvalue weighted by molar-refractivity contribution is 6.32. The van der Waals surface area contributed by atoms with Gasteiger partial charge in [-0.25, -0.2) is 0 Å². The quantitative estimate of drug-likeness (QED) is 0.685. The Kier molecular flexibility index (Phi) is 4.49. The molecule has 0 amide bonds. The van der Waals surface area contributed by atoms with Crippen LogP contribution >= 0.6 is 11.6 Å². The molecule has 23 heavy (non-hydrogen) atoms. The standard InChI is InChI=1S/C19H16ClNO2/c1-23-19-10-9-14(11-16(19)20)18(22)12-21-17-8-4-6-13-5-2-3-7-15(13)17/h2-11,21H,12H2,1H3. The smallest absolute Gasteiger partial charge is 0.181 e. The van der Waals surface area contributed by atoms with E-state index in [1.54, 1.807) is 25.3 Å². The van der Waals surface area contributed by atoms with E-state index in [0.29, 0.717) is 16.3 Å². The van der Waals surface area contributed by atoms with Crippen molar-refractivity contribution in [3.05, 3.63) is 71.2 Å². The predicted octanol–water partition coefficient (Wildman–Crippen LogP) is 4.80. The molecule has 0 unspecified atom stereocenters. The van der Waals surface area contributed by atoms with Crippen molar-refractivity contribution in [3.63, 3.8) is 0 Å². The lowest BCUT2D eigenvalue weighted by Crippen LogP contribution is -2.14. The molecule has 4 heteroatoms. The SMILES string of the molecule is COc1ccc(C(=O)CNc2cccc3ccccc23)cc1Cl. The van der Waals surface area contributed by atoms with Crippen LogP contribution in [0.15, 0.2) is 60.7 Å². The Bertz CT molecular complexity index is 856. The van der Waals surface area contributed by atoms with Crippen LogP contribution < -0.4 is 10.1 Å². The van der Waals surface area contributed by atoms with Gasteiger partial charge in [-0.3, -0.25) is 4.79 Å². The maximum absolute atomic E-state index is 12.3. The number of rotatable bonds is 5. The highest BCUT2D eigenvalue weighted by atomic mass is 35.5. The van der Waals surface area contributed by atoms with Crippen molar-refractivity contribution in [3.8, 4) is 5.75 Å². The fourth-order valence-corrected chi connectivity index (χ4v) is 2.75. The second kappa shape index (κ2) is 6.71. The summed E-state index contributed by atoms with van der Waals surface area (Å²) in [6.07, 6.45) is 0. The Morgan fingerprint density at radius 1 is 1.09 bits per heavy atom. The first-order chi connectivity index (χ1) is 11.2. The van der Waals surface area contributed by atoms with E-state index in [-0.39, 0.29) is 12.3 Å². The summed E-state index contributed by atoms with van der Waals surface area (Å²) in [6, 6.07) is 19.1. The van der Waals surface area contributed by atoms with Gasteiger partial charge in [-0.2, -0.15) is 0 Å². The van der Waals surface area contributed by atoms with Gasteiger partial charge in [-0.1, -0.05) is 48.0 Å². The Labute approximate surface area is 139 Å². The molecule has 0 radical (unpaired) electrons. The van der Waals surface area contributed by atoms with Crippen molar-refractivity contribution < 1.29 is 9.53 Å². The summed E-state index contributed by atoms with van der Waals surface area (Å²) >= 11 is 6.07. The van der Waals surface area contributed by atoms with Gasteiger partial charge in [0.05, 0.1) is 18.7 Å². The van der Waals surface area contributed by atoms with Crippen LogP contribution in [0.2, 0.25) is 5.02 Å². The number of carbonyl (C=O) groups excluding carboxylic acids is 1. The Balaban J connectivity index is 1.77. The van der Waals surface area contributed by atoms with Crippen molar-refractivity contribution in [2.75, 3.05) is 19.0 Å². The first kappa shape index (κ1) is 15.4. The lowest BCUT2D eigenvalue weighted by Gasteiger charge is -2.10. The Morgan fingerprint density at radius 3 is 2.65 bits per heavy atom. The summed E-state index contributed by atoms with van der Waals surface area (Å²) in [5, 5.41) is 5.87. The first-order valence-corrected chi connectivity index (χ1v) is 7.65. The van der Waals surface area contributed by atoms with Gasteiger partial charge >= 0.3 is 0 Å². The largest absolute Gasteiger partial charge is 0.495 e. The molecular formula is C19H16ClNO2. The van der Waals surface area contributed by atoms with Gasteiger partial charge in [-0.15, -0.1) is 0 Å². The molecule has 0 spiro atoms. The Hall–Kier alpha value is -2.52. The summed E-state index contributed by atoms with van der Waals surface area (Å²) in [6.45, 7) is 0.205. The summed E-state index contributed by atoms with van der Waals surface area (Å²) in [5.74, 6) is 0.535. The van der Waals surface area contributed by atoms with Crippen LogP contribution in [0.25, 0.3) is 10.8 Å². The second-order valence-corrected chi connectivity index (χ2v) is 5.56. The van der Waals surface area contributed by atoms with Crippen LogP contribution in [-0.2, 0) is 0 Å².